The van der Waals surface area contributed by atoms with Gasteiger partial charge in [0.25, 0.3) is 0 Å². The molecule has 0 radical (unpaired) electrons. The fourth-order valence-electron chi connectivity index (χ4n) is 1.87. The van der Waals surface area contributed by atoms with Gasteiger partial charge in [-0.3, -0.25) is 0 Å². The average molecular weight is 235 g/mol. The number of benzene rings is 1. The second-order valence-electron chi connectivity index (χ2n) is 4.41. The number of rotatable bonds is 9. The minimum absolute atomic E-state index is 0.740. The Bertz CT molecular complexity index is 299. The molecule has 0 amide bonds. The Morgan fingerprint density at radius 3 is 2.53 bits per heavy atom. The van der Waals surface area contributed by atoms with Gasteiger partial charge in [-0.05, 0) is 24.6 Å². The van der Waals surface area contributed by atoms with Gasteiger partial charge in [0.1, 0.15) is 0 Å². The van der Waals surface area contributed by atoms with E-state index in [0.29, 0.717) is 0 Å². The Kier molecular flexibility index (Phi) is 7.69. The van der Waals surface area contributed by atoms with Crippen LogP contribution < -0.4 is 5.32 Å². The number of nitrogens with one attached hydrogen (secondary N) is 1. The molecule has 96 valence electrons. The first-order chi connectivity index (χ1) is 8.38. The van der Waals surface area contributed by atoms with Crippen LogP contribution in [0, 0.1) is 0 Å². The van der Waals surface area contributed by atoms with Crippen molar-refractivity contribution in [2.45, 2.75) is 45.8 Å². The maximum Gasteiger partial charge on any atom is 0.0720 e. The molecule has 0 bridgehead atoms. The van der Waals surface area contributed by atoms with Gasteiger partial charge in [0.2, 0.25) is 0 Å². The number of unbranched alkanes of at least 4 members (excludes halogenated alkanes) is 3. The lowest BCUT2D eigenvalue weighted by atomic mass is 10.1. The molecule has 2 nitrogen and oxygen atoms in total. The highest BCUT2D eigenvalue weighted by atomic mass is 16.5. The van der Waals surface area contributed by atoms with Crippen LogP contribution in [0.2, 0.25) is 0 Å². The molecule has 0 saturated heterocycles. The largest absolute Gasteiger partial charge is 0.377 e. The Morgan fingerprint density at radius 1 is 1.06 bits per heavy atom. The molecular weight excluding hydrogens is 210 g/mol. The number of hydrogen-bond acceptors (Lipinski definition) is 2. The van der Waals surface area contributed by atoms with E-state index in [-0.39, 0.29) is 0 Å². The maximum atomic E-state index is 5.73. The molecule has 1 N–H and O–H groups in total. The van der Waals surface area contributed by atoms with Crippen molar-refractivity contribution in [3.8, 4) is 0 Å². The van der Waals surface area contributed by atoms with Gasteiger partial charge < -0.3 is 10.1 Å². The molecule has 1 rings (SSSR count). The zero-order valence-electron chi connectivity index (χ0n) is 11.2. The van der Waals surface area contributed by atoms with Gasteiger partial charge in [0, 0.05) is 13.2 Å². The quantitative estimate of drug-likeness (QED) is 0.661. The molecule has 17 heavy (non-hydrogen) atoms. The van der Waals surface area contributed by atoms with E-state index in [9.17, 15) is 0 Å². The lowest BCUT2D eigenvalue weighted by molar-refractivity contribution is 0.116. The fraction of sp³-hybridized carbons (Fsp3) is 0.600. The van der Waals surface area contributed by atoms with Crippen molar-refractivity contribution in [1.82, 2.24) is 5.32 Å². The van der Waals surface area contributed by atoms with E-state index < -0.39 is 0 Å². The number of ether oxygens (including phenoxy) is 1. The van der Waals surface area contributed by atoms with E-state index in [0.717, 1.165) is 19.8 Å². The van der Waals surface area contributed by atoms with Crippen molar-refractivity contribution in [3.05, 3.63) is 35.4 Å². The molecule has 0 aliphatic rings. The van der Waals surface area contributed by atoms with E-state index in [1.165, 1.54) is 36.8 Å². The van der Waals surface area contributed by atoms with Crippen LogP contribution in [0.1, 0.15) is 43.7 Å². The predicted molar refractivity (Wildman–Crippen MR) is 73.0 cm³/mol. The van der Waals surface area contributed by atoms with Gasteiger partial charge >= 0.3 is 0 Å². The highest BCUT2D eigenvalue weighted by Crippen LogP contribution is 2.10. The molecule has 0 spiro atoms. The summed E-state index contributed by atoms with van der Waals surface area (Å²) < 4.78 is 5.73. The first kappa shape index (κ1) is 14.2. The summed E-state index contributed by atoms with van der Waals surface area (Å²) >= 11 is 0. The molecular formula is C15H25NO. The molecule has 1 aromatic rings. The molecule has 0 unspecified atom stereocenters. The Labute approximate surface area is 105 Å². The van der Waals surface area contributed by atoms with Crippen LogP contribution in [0.15, 0.2) is 24.3 Å². The third-order valence-corrected chi connectivity index (χ3v) is 2.89. The molecule has 0 aliphatic carbocycles. The summed E-state index contributed by atoms with van der Waals surface area (Å²) in [6.07, 6.45) is 5.07. The third-order valence-electron chi connectivity index (χ3n) is 2.89. The SMILES string of the molecule is CCCCCCOCc1ccccc1CNC. The highest BCUT2D eigenvalue weighted by molar-refractivity contribution is 5.26. The summed E-state index contributed by atoms with van der Waals surface area (Å²) in [5, 5.41) is 3.19. The first-order valence-corrected chi connectivity index (χ1v) is 6.67. The monoisotopic (exact) mass is 235 g/mol. The molecule has 0 saturated carbocycles. The first-order valence-electron chi connectivity index (χ1n) is 6.67. The second kappa shape index (κ2) is 9.20. The lowest BCUT2D eigenvalue weighted by Crippen LogP contribution is -2.08. The van der Waals surface area contributed by atoms with Crippen molar-refractivity contribution >= 4 is 0 Å². The smallest absolute Gasteiger partial charge is 0.0720 e. The van der Waals surface area contributed by atoms with E-state index in [1.54, 1.807) is 0 Å². The van der Waals surface area contributed by atoms with Crippen molar-refractivity contribution < 1.29 is 4.74 Å². The normalized spacial score (nSPS) is 10.7. The molecule has 0 atom stereocenters. The van der Waals surface area contributed by atoms with Crippen LogP contribution in [-0.4, -0.2) is 13.7 Å². The topological polar surface area (TPSA) is 21.3 Å². The Hall–Kier alpha value is -0.860. The van der Waals surface area contributed by atoms with Gasteiger partial charge in [0.05, 0.1) is 6.61 Å². The van der Waals surface area contributed by atoms with Crippen LogP contribution in [0.25, 0.3) is 0 Å². The van der Waals surface area contributed by atoms with Crippen LogP contribution in [0.3, 0.4) is 0 Å². The van der Waals surface area contributed by atoms with E-state index >= 15 is 0 Å². The van der Waals surface area contributed by atoms with Crippen LogP contribution in [0.4, 0.5) is 0 Å². The summed E-state index contributed by atoms with van der Waals surface area (Å²) in [5.74, 6) is 0. The predicted octanol–water partition coefficient (Wildman–Crippen LogP) is 3.50. The minimum atomic E-state index is 0.740. The van der Waals surface area contributed by atoms with Gasteiger partial charge in [-0.15, -0.1) is 0 Å². The van der Waals surface area contributed by atoms with Crippen LogP contribution >= 0.6 is 0 Å². The highest BCUT2D eigenvalue weighted by Gasteiger charge is 2.00. The molecule has 0 aliphatic heterocycles. The molecule has 0 aromatic heterocycles. The zero-order chi connectivity index (χ0) is 12.3. The Balaban J connectivity index is 2.25. The molecule has 2 heteroatoms. The molecule has 0 fully saturated rings. The van der Waals surface area contributed by atoms with Crippen molar-refractivity contribution in [3.63, 3.8) is 0 Å². The summed E-state index contributed by atoms with van der Waals surface area (Å²) in [7, 11) is 1.97. The van der Waals surface area contributed by atoms with Crippen molar-refractivity contribution in [2.24, 2.45) is 0 Å². The summed E-state index contributed by atoms with van der Waals surface area (Å²) in [6.45, 7) is 4.77. The zero-order valence-corrected chi connectivity index (χ0v) is 11.2. The van der Waals surface area contributed by atoms with Crippen molar-refractivity contribution in [2.75, 3.05) is 13.7 Å². The van der Waals surface area contributed by atoms with E-state index in [2.05, 4.69) is 36.5 Å². The lowest BCUT2D eigenvalue weighted by Gasteiger charge is -2.09. The van der Waals surface area contributed by atoms with Gasteiger partial charge in [-0.2, -0.15) is 0 Å². The summed E-state index contributed by atoms with van der Waals surface area (Å²) in [6, 6.07) is 8.47. The van der Waals surface area contributed by atoms with E-state index in [1.807, 2.05) is 7.05 Å². The minimum Gasteiger partial charge on any atom is -0.377 e. The summed E-state index contributed by atoms with van der Waals surface area (Å²) in [5.41, 5.74) is 2.64. The fourth-order valence-corrected chi connectivity index (χ4v) is 1.87. The van der Waals surface area contributed by atoms with Gasteiger partial charge in [0.15, 0.2) is 0 Å². The van der Waals surface area contributed by atoms with Gasteiger partial charge in [-0.1, -0.05) is 50.5 Å². The average Bonchev–Trinajstić information content (AvgIpc) is 2.36. The summed E-state index contributed by atoms with van der Waals surface area (Å²) in [4.78, 5) is 0. The van der Waals surface area contributed by atoms with E-state index in [4.69, 9.17) is 4.74 Å². The third kappa shape index (κ3) is 5.85. The molecule has 1 aromatic carbocycles. The van der Waals surface area contributed by atoms with Gasteiger partial charge in [-0.25, -0.2) is 0 Å². The molecule has 0 heterocycles. The maximum absolute atomic E-state index is 5.73. The van der Waals surface area contributed by atoms with Crippen molar-refractivity contribution in [1.29, 1.82) is 0 Å². The van der Waals surface area contributed by atoms with Crippen LogP contribution in [-0.2, 0) is 17.9 Å². The number of hydrogen-bond donors (Lipinski definition) is 1. The second-order valence-corrected chi connectivity index (χ2v) is 4.41. The standard InChI is InChI=1S/C15H25NO/c1-3-4-5-8-11-17-13-15-10-7-6-9-14(15)12-16-2/h6-7,9-10,16H,3-5,8,11-13H2,1-2H3. The Morgan fingerprint density at radius 2 is 1.82 bits per heavy atom. The van der Waals surface area contributed by atoms with Crippen LogP contribution in [0.5, 0.6) is 0 Å².